The first-order chi connectivity index (χ1) is 10.7. The summed E-state index contributed by atoms with van der Waals surface area (Å²) in [6, 6.07) is 21.3. The van der Waals surface area contributed by atoms with Gasteiger partial charge in [-0.05, 0) is 11.1 Å². The molecule has 2 aromatic carbocycles. The maximum Gasteiger partial charge on any atom is 0.402 e. The van der Waals surface area contributed by atoms with E-state index in [0.717, 1.165) is 0 Å². The molecule has 2 rings (SSSR count). The lowest BCUT2D eigenvalue weighted by molar-refractivity contribution is 0.204. The molecule has 23 heavy (non-hydrogen) atoms. The highest BCUT2D eigenvalue weighted by Gasteiger charge is 2.21. The van der Waals surface area contributed by atoms with Gasteiger partial charge in [0.25, 0.3) is 0 Å². The van der Waals surface area contributed by atoms with Crippen LogP contribution >= 0.6 is 0 Å². The van der Waals surface area contributed by atoms with E-state index in [1.807, 2.05) is 0 Å². The quantitative estimate of drug-likeness (QED) is 0.677. The van der Waals surface area contributed by atoms with Crippen molar-refractivity contribution in [1.82, 2.24) is 0 Å². The van der Waals surface area contributed by atoms with E-state index in [1.54, 1.807) is 0 Å². The molecule has 0 unspecified atom stereocenters. The van der Waals surface area contributed by atoms with Gasteiger partial charge in [-0.15, -0.1) is 0 Å². The Bertz CT molecular complexity index is 537. The van der Waals surface area contributed by atoms with Gasteiger partial charge in [0.2, 0.25) is 0 Å². The summed E-state index contributed by atoms with van der Waals surface area (Å²) in [7, 11) is 0. The molecule has 2 amide bonds. The number of carbonyl (C=O) groups is 2. The average molecular weight is 318 g/mol. The minimum absolute atomic E-state index is 0.0858. The molecule has 0 aliphatic rings. The van der Waals surface area contributed by atoms with E-state index in [9.17, 15) is 0 Å². The number of rotatable bonds is 2. The monoisotopic (exact) mass is 318 g/mol. The van der Waals surface area contributed by atoms with Crippen molar-refractivity contribution in [2.24, 2.45) is 11.5 Å². The first kappa shape index (κ1) is 20.0. The van der Waals surface area contributed by atoms with Crippen LogP contribution in [0.2, 0.25) is 0 Å². The van der Waals surface area contributed by atoms with E-state index in [2.05, 4.69) is 86.0 Å². The van der Waals surface area contributed by atoms with Crippen molar-refractivity contribution in [3.63, 3.8) is 0 Å². The van der Waals surface area contributed by atoms with Crippen molar-refractivity contribution in [1.29, 1.82) is 0 Å². The molecule has 0 aliphatic heterocycles. The van der Waals surface area contributed by atoms with Crippen LogP contribution < -0.4 is 11.5 Å². The molecule has 6 nitrogen and oxygen atoms in total. The highest BCUT2D eigenvalue weighted by Crippen LogP contribution is 2.30. The molecule has 0 spiro atoms. The summed E-state index contributed by atoms with van der Waals surface area (Å²) in [5, 5.41) is 14.4. The molecule has 0 atom stereocenters. The van der Waals surface area contributed by atoms with Crippen molar-refractivity contribution in [3.05, 3.63) is 71.8 Å². The van der Waals surface area contributed by atoms with Gasteiger partial charge in [0.15, 0.2) is 0 Å². The Balaban J connectivity index is 0.000000509. The molecule has 0 heterocycles. The predicted octanol–water partition coefficient (Wildman–Crippen LogP) is 3.26. The number of carboxylic acid groups (broad SMARTS) is 2. The zero-order valence-electron chi connectivity index (χ0n) is 13.1. The van der Waals surface area contributed by atoms with Gasteiger partial charge in [0.05, 0.1) is 0 Å². The smallest absolute Gasteiger partial charge is 0.402 e. The van der Waals surface area contributed by atoms with Crippen LogP contribution in [0.4, 0.5) is 9.59 Å². The van der Waals surface area contributed by atoms with Gasteiger partial charge >= 0.3 is 12.2 Å². The third-order valence-corrected chi connectivity index (χ3v) is 2.99. The van der Waals surface area contributed by atoms with Crippen molar-refractivity contribution >= 4 is 12.2 Å². The van der Waals surface area contributed by atoms with Gasteiger partial charge in [0, 0.05) is 5.41 Å². The number of benzene rings is 2. The van der Waals surface area contributed by atoms with Gasteiger partial charge < -0.3 is 21.7 Å². The molecule has 0 saturated carbocycles. The summed E-state index contributed by atoms with van der Waals surface area (Å²) >= 11 is 0. The van der Waals surface area contributed by atoms with Gasteiger partial charge in [-0.25, -0.2) is 9.59 Å². The van der Waals surface area contributed by atoms with Crippen LogP contribution in [-0.2, 0) is 5.41 Å². The van der Waals surface area contributed by atoms with Crippen molar-refractivity contribution in [2.75, 3.05) is 0 Å². The zero-order valence-corrected chi connectivity index (χ0v) is 13.1. The van der Waals surface area contributed by atoms with Gasteiger partial charge in [-0.3, -0.25) is 0 Å². The Morgan fingerprint density at radius 3 is 1.17 bits per heavy atom. The normalized spacial score (nSPS) is 9.48. The summed E-state index contributed by atoms with van der Waals surface area (Å²) in [5.74, 6) is 0. The zero-order chi connectivity index (χ0) is 17.9. The minimum Gasteiger partial charge on any atom is -0.465 e. The topological polar surface area (TPSA) is 127 Å². The van der Waals surface area contributed by atoms with Crippen LogP contribution in [0, 0.1) is 0 Å². The van der Waals surface area contributed by atoms with Crippen molar-refractivity contribution < 1.29 is 19.8 Å². The van der Waals surface area contributed by atoms with Crippen molar-refractivity contribution in [3.8, 4) is 0 Å². The van der Waals surface area contributed by atoms with E-state index in [4.69, 9.17) is 19.8 Å². The Kier molecular flexibility index (Phi) is 8.54. The Morgan fingerprint density at radius 1 is 0.739 bits per heavy atom. The van der Waals surface area contributed by atoms with E-state index < -0.39 is 12.2 Å². The van der Waals surface area contributed by atoms with E-state index >= 15 is 0 Å². The number of primary amides is 2. The van der Waals surface area contributed by atoms with Crippen molar-refractivity contribution in [2.45, 2.75) is 19.3 Å². The van der Waals surface area contributed by atoms with Gasteiger partial charge in [-0.2, -0.15) is 0 Å². The van der Waals surface area contributed by atoms with Crippen LogP contribution in [0.25, 0.3) is 0 Å². The van der Waals surface area contributed by atoms with E-state index in [0.29, 0.717) is 0 Å². The Labute approximate surface area is 135 Å². The SMILES string of the molecule is CC(C)(c1ccccc1)c1ccccc1.NC(=O)O.NC(=O)O. The molecule has 0 fully saturated rings. The summed E-state index contributed by atoms with van der Waals surface area (Å²) in [4.78, 5) is 17.6. The fraction of sp³-hybridized carbons (Fsp3) is 0.176. The maximum atomic E-state index is 8.78. The van der Waals surface area contributed by atoms with Crippen LogP contribution in [0.1, 0.15) is 25.0 Å². The highest BCUT2D eigenvalue weighted by atomic mass is 16.4. The number of hydrogen-bond acceptors (Lipinski definition) is 2. The number of hydrogen-bond donors (Lipinski definition) is 4. The second kappa shape index (κ2) is 9.83. The lowest BCUT2D eigenvalue weighted by atomic mass is 9.78. The molecular weight excluding hydrogens is 296 g/mol. The second-order valence-electron chi connectivity index (χ2n) is 5.03. The lowest BCUT2D eigenvalue weighted by Crippen LogP contribution is -2.18. The van der Waals surface area contributed by atoms with Crippen LogP contribution in [0.5, 0.6) is 0 Å². The molecule has 6 heteroatoms. The summed E-state index contributed by atoms with van der Waals surface area (Å²) < 4.78 is 0. The molecule has 6 N–H and O–H groups in total. The molecule has 0 bridgehead atoms. The third kappa shape index (κ3) is 8.77. The van der Waals surface area contributed by atoms with Gasteiger partial charge in [0.1, 0.15) is 0 Å². The largest absolute Gasteiger partial charge is 0.465 e. The number of amides is 2. The second-order valence-corrected chi connectivity index (χ2v) is 5.03. The lowest BCUT2D eigenvalue weighted by Gasteiger charge is -2.25. The van der Waals surface area contributed by atoms with E-state index in [1.165, 1.54) is 11.1 Å². The van der Waals surface area contributed by atoms with Crippen LogP contribution in [-0.4, -0.2) is 22.4 Å². The summed E-state index contributed by atoms with van der Waals surface area (Å²) in [5.41, 5.74) is 10.9. The molecule has 0 aliphatic carbocycles. The molecular formula is C17H22N2O4. The standard InChI is InChI=1S/C15H16.2CH3NO2/c1-15(2,13-9-5-3-6-10-13)14-11-7-4-8-12-14;2*2-1(3)4/h3-12H,1-2H3;2*2H2,(H,3,4). The molecule has 2 aromatic rings. The minimum atomic E-state index is -1.33. The average Bonchev–Trinajstić information content (AvgIpc) is 2.48. The fourth-order valence-electron chi connectivity index (χ4n) is 1.88. The first-order valence-electron chi connectivity index (χ1n) is 6.75. The highest BCUT2D eigenvalue weighted by molar-refractivity contribution is 5.61. The summed E-state index contributed by atoms with van der Waals surface area (Å²) in [6.45, 7) is 4.52. The number of nitrogens with two attached hydrogens (primary N) is 2. The third-order valence-electron chi connectivity index (χ3n) is 2.99. The fourth-order valence-corrected chi connectivity index (χ4v) is 1.88. The van der Waals surface area contributed by atoms with Crippen LogP contribution in [0.15, 0.2) is 60.7 Å². The molecule has 0 saturated heterocycles. The van der Waals surface area contributed by atoms with E-state index in [-0.39, 0.29) is 5.41 Å². The van der Waals surface area contributed by atoms with Crippen LogP contribution in [0.3, 0.4) is 0 Å². The van der Waals surface area contributed by atoms with Gasteiger partial charge in [-0.1, -0.05) is 74.5 Å². The summed E-state index contributed by atoms with van der Waals surface area (Å²) in [6.07, 6.45) is -2.67. The Hall–Kier alpha value is -3.02. The first-order valence-corrected chi connectivity index (χ1v) is 6.75. The predicted molar refractivity (Wildman–Crippen MR) is 89.4 cm³/mol. The Morgan fingerprint density at radius 2 is 0.957 bits per heavy atom. The maximum absolute atomic E-state index is 8.78. The molecule has 0 aromatic heterocycles. The molecule has 0 radical (unpaired) electrons. The molecule has 124 valence electrons.